The molecule has 4 atom stereocenters. The first kappa shape index (κ1) is 17.2. The third-order valence-corrected chi connectivity index (χ3v) is 5.17. The molecule has 2 amide bonds. The number of carbonyl (C=O) groups excluding carboxylic acids is 3. The van der Waals surface area contributed by atoms with E-state index in [0.29, 0.717) is 17.9 Å². The molecule has 2 aliphatic rings. The Balaban J connectivity index is 1.61. The SMILES string of the molecule is CC(C)c1ccc(C(=O)NNC(=O)[C@H]2[C@@H](C(=O)[O-])[C@H]3C=C[C@@H]2C3)cc1. The molecular formula is C19H21N2O4-. The van der Waals surface area contributed by atoms with Crippen LogP contribution in [-0.2, 0) is 9.59 Å². The van der Waals surface area contributed by atoms with Gasteiger partial charge >= 0.3 is 0 Å². The highest BCUT2D eigenvalue weighted by Gasteiger charge is 2.48. The smallest absolute Gasteiger partial charge is 0.269 e. The van der Waals surface area contributed by atoms with Crippen molar-refractivity contribution in [3.63, 3.8) is 0 Å². The number of hydrogen-bond acceptors (Lipinski definition) is 4. The van der Waals surface area contributed by atoms with Crippen molar-refractivity contribution in [1.29, 1.82) is 0 Å². The fraction of sp³-hybridized carbons (Fsp3) is 0.421. The molecule has 6 heteroatoms. The standard InChI is InChI=1S/C19H22N2O4/c1-10(2)11-3-5-12(6-4-11)17(22)20-21-18(23)15-13-7-8-14(9-13)16(15)19(24)25/h3-8,10,13-16H,9H2,1-2H3,(H,20,22)(H,21,23)(H,24,25)/p-1/t13-,14+,15-,16+/m1/s1. The quantitative estimate of drug-likeness (QED) is 0.624. The fourth-order valence-corrected chi connectivity index (χ4v) is 3.79. The third-order valence-electron chi connectivity index (χ3n) is 5.17. The Morgan fingerprint density at radius 3 is 2.16 bits per heavy atom. The number of carboxylic acid groups (broad SMARTS) is 1. The van der Waals surface area contributed by atoms with Crippen molar-refractivity contribution >= 4 is 17.8 Å². The monoisotopic (exact) mass is 341 g/mol. The van der Waals surface area contributed by atoms with Crippen LogP contribution in [0.2, 0.25) is 0 Å². The van der Waals surface area contributed by atoms with Crippen molar-refractivity contribution < 1.29 is 19.5 Å². The number of carbonyl (C=O) groups is 3. The van der Waals surface area contributed by atoms with Crippen molar-refractivity contribution in [2.75, 3.05) is 0 Å². The Morgan fingerprint density at radius 1 is 1.00 bits per heavy atom. The van der Waals surface area contributed by atoms with Gasteiger partial charge in [0.1, 0.15) is 0 Å². The molecule has 1 fully saturated rings. The van der Waals surface area contributed by atoms with E-state index < -0.39 is 29.6 Å². The molecule has 0 aliphatic heterocycles. The predicted molar refractivity (Wildman–Crippen MR) is 88.9 cm³/mol. The average Bonchev–Trinajstić information content (AvgIpc) is 3.20. The third kappa shape index (κ3) is 3.29. The second kappa shape index (κ2) is 6.70. The summed E-state index contributed by atoms with van der Waals surface area (Å²) in [6, 6.07) is 7.13. The Bertz CT molecular complexity index is 723. The van der Waals surface area contributed by atoms with E-state index in [2.05, 4.69) is 24.7 Å². The number of rotatable bonds is 4. The molecule has 0 saturated heterocycles. The summed E-state index contributed by atoms with van der Waals surface area (Å²) in [4.78, 5) is 35.9. The lowest BCUT2D eigenvalue weighted by Crippen LogP contribution is -2.50. The zero-order valence-electron chi connectivity index (χ0n) is 14.2. The van der Waals surface area contributed by atoms with Crippen LogP contribution in [-0.4, -0.2) is 17.8 Å². The molecule has 2 N–H and O–H groups in total. The summed E-state index contributed by atoms with van der Waals surface area (Å²) in [6.07, 6.45) is 4.35. The van der Waals surface area contributed by atoms with Crippen molar-refractivity contribution in [3.8, 4) is 0 Å². The molecule has 6 nitrogen and oxygen atoms in total. The van der Waals surface area contributed by atoms with Crippen molar-refractivity contribution in [2.24, 2.45) is 23.7 Å². The first-order chi connectivity index (χ1) is 11.9. The number of benzene rings is 1. The van der Waals surface area contributed by atoms with Gasteiger partial charge in [0.05, 0.1) is 5.92 Å². The molecule has 0 spiro atoms. The van der Waals surface area contributed by atoms with Gasteiger partial charge in [-0.25, -0.2) is 0 Å². The van der Waals surface area contributed by atoms with Gasteiger partial charge in [-0.3, -0.25) is 20.4 Å². The topological polar surface area (TPSA) is 98.3 Å². The second-order valence-corrected chi connectivity index (χ2v) is 7.04. The fourth-order valence-electron chi connectivity index (χ4n) is 3.79. The van der Waals surface area contributed by atoms with E-state index in [1.807, 2.05) is 24.3 Å². The number of hydrazine groups is 1. The van der Waals surface area contributed by atoms with Gasteiger partial charge < -0.3 is 9.90 Å². The largest absolute Gasteiger partial charge is 0.550 e. The highest BCUT2D eigenvalue weighted by atomic mass is 16.4. The van der Waals surface area contributed by atoms with Gasteiger partial charge in [-0.1, -0.05) is 38.1 Å². The van der Waals surface area contributed by atoms with Gasteiger partial charge in [-0.05, 0) is 41.9 Å². The van der Waals surface area contributed by atoms with Crippen LogP contribution in [0.1, 0.15) is 42.1 Å². The van der Waals surface area contributed by atoms with E-state index in [9.17, 15) is 19.5 Å². The highest BCUT2D eigenvalue weighted by Crippen LogP contribution is 2.47. The van der Waals surface area contributed by atoms with Gasteiger partial charge in [-0.15, -0.1) is 0 Å². The first-order valence-corrected chi connectivity index (χ1v) is 8.48. The number of hydrogen-bond donors (Lipinski definition) is 2. The maximum Gasteiger partial charge on any atom is 0.269 e. The average molecular weight is 341 g/mol. The van der Waals surface area contributed by atoms with E-state index in [1.165, 1.54) is 0 Å². The molecule has 25 heavy (non-hydrogen) atoms. The zero-order chi connectivity index (χ0) is 18.1. The number of aliphatic carboxylic acids is 1. The lowest BCUT2D eigenvalue weighted by atomic mass is 9.82. The summed E-state index contributed by atoms with van der Waals surface area (Å²) in [5.74, 6) is -3.59. The maximum absolute atomic E-state index is 12.4. The summed E-state index contributed by atoms with van der Waals surface area (Å²) < 4.78 is 0. The molecule has 0 radical (unpaired) electrons. The Kier molecular flexibility index (Phi) is 4.61. The van der Waals surface area contributed by atoms with Crippen LogP contribution in [0.5, 0.6) is 0 Å². The highest BCUT2D eigenvalue weighted by molar-refractivity contribution is 5.96. The van der Waals surface area contributed by atoms with Crippen LogP contribution >= 0.6 is 0 Å². The normalized spacial score (nSPS) is 26.7. The van der Waals surface area contributed by atoms with Gasteiger partial charge in [-0.2, -0.15) is 0 Å². The van der Waals surface area contributed by atoms with Gasteiger partial charge in [0, 0.05) is 17.5 Å². The van der Waals surface area contributed by atoms with E-state index >= 15 is 0 Å². The van der Waals surface area contributed by atoms with Crippen molar-refractivity contribution in [1.82, 2.24) is 10.9 Å². The molecular weight excluding hydrogens is 320 g/mol. The van der Waals surface area contributed by atoms with Crippen molar-refractivity contribution in [2.45, 2.75) is 26.2 Å². The molecule has 1 saturated carbocycles. The van der Waals surface area contributed by atoms with Gasteiger partial charge in [0.2, 0.25) is 5.91 Å². The number of nitrogens with one attached hydrogen (secondary N) is 2. The van der Waals surface area contributed by atoms with Crippen LogP contribution < -0.4 is 16.0 Å². The summed E-state index contributed by atoms with van der Waals surface area (Å²) in [5.41, 5.74) is 6.28. The minimum atomic E-state index is -1.22. The second-order valence-electron chi connectivity index (χ2n) is 7.04. The summed E-state index contributed by atoms with van der Waals surface area (Å²) in [6.45, 7) is 4.12. The van der Waals surface area contributed by atoms with Crippen LogP contribution in [0.3, 0.4) is 0 Å². The summed E-state index contributed by atoms with van der Waals surface area (Å²) in [5, 5.41) is 11.3. The molecule has 2 bridgehead atoms. The molecule has 132 valence electrons. The number of carboxylic acids is 1. The molecule has 0 heterocycles. The Morgan fingerprint density at radius 2 is 1.60 bits per heavy atom. The Hall–Kier alpha value is -2.63. The predicted octanol–water partition coefficient (Wildman–Crippen LogP) is 0.759. The minimum Gasteiger partial charge on any atom is -0.550 e. The number of allylic oxidation sites excluding steroid dienone is 2. The van der Waals surface area contributed by atoms with E-state index in [1.54, 1.807) is 12.1 Å². The van der Waals surface area contributed by atoms with Crippen LogP contribution in [0, 0.1) is 23.7 Å². The molecule has 0 aromatic heterocycles. The molecule has 1 aromatic carbocycles. The minimum absolute atomic E-state index is 0.116. The lowest BCUT2D eigenvalue weighted by Gasteiger charge is -2.27. The summed E-state index contributed by atoms with van der Waals surface area (Å²) in [7, 11) is 0. The number of fused-ring (bicyclic) bond motifs is 2. The molecule has 0 unspecified atom stereocenters. The van der Waals surface area contributed by atoms with Crippen LogP contribution in [0.4, 0.5) is 0 Å². The summed E-state index contributed by atoms with van der Waals surface area (Å²) >= 11 is 0. The van der Waals surface area contributed by atoms with Crippen LogP contribution in [0.15, 0.2) is 36.4 Å². The van der Waals surface area contributed by atoms with Crippen LogP contribution in [0.25, 0.3) is 0 Å². The van der Waals surface area contributed by atoms with Crippen molar-refractivity contribution in [3.05, 3.63) is 47.5 Å². The van der Waals surface area contributed by atoms with E-state index in [0.717, 1.165) is 5.56 Å². The van der Waals surface area contributed by atoms with Gasteiger partial charge in [0.25, 0.3) is 5.91 Å². The number of amides is 2. The molecule has 1 aromatic rings. The maximum atomic E-state index is 12.4. The molecule has 2 aliphatic carbocycles. The Labute approximate surface area is 146 Å². The van der Waals surface area contributed by atoms with Gasteiger partial charge in [0.15, 0.2) is 0 Å². The molecule has 3 rings (SSSR count). The zero-order valence-corrected chi connectivity index (χ0v) is 14.2. The lowest BCUT2D eigenvalue weighted by molar-refractivity contribution is -0.313. The van der Waals surface area contributed by atoms with E-state index in [4.69, 9.17) is 0 Å². The van der Waals surface area contributed by atoms with E-state index in [-0.39, 0.29) is 11.8 Å². The first-order valence-electron chi connectivity index (χ1n) is 8.48.